The molecule has 1 N–H and O–H groups in total. The maximum atomic E-state index is 5.82. The van der Waals surface area contributed by atoms with Crippen molar-refractivity contribution in [2.45, 2.75) is 25.3 Å². The van der Waals surface area contributed by atoms with Gasteiger partial charge in [0.25, 0.3) is 0 Å². The van der Waals surface area contributed by atoms with Crippen molar-refractivity contribution in [1.82, 2.24) is 15.5 Å². The van der Waals surface area contributed by atoms with Gasteiger partial charge < -0.3 is 9.73 Å². The van der Waals surface area contributed by atoms with Crippen LogP contribution in [0.15, 0.2) is 46.9 Å². The van der Waals surface area contributed by atoms with E-state index in [0.29, 0.717) is 17.8 Å². The lowest BCUT2D eigenvalue weighted by molar-refractivity contribution is 0.494. The summed E-state index contributed by atoms with van der Waals surface area (Å²) >= 11 is 0. The fraction of sp³-hybridized carbons (Fsp3) is 0.294. The highest BCUT2D eigenvalue weighted by atomic mass is 16.4. The summed E-state index contributed by atoms with van der Waals surface area (Å²) in [7, 11) is 0. The van der Waals surface area contributed by atoms with Crippen LogP contribution in [0.25, 0.3) is 22.2 Å². The van der Waals surface area contributed by atoms with E-state index in [-0.39, 0.29) is 0 Å². The van der Waals surface area contributed by atoms with Gasteiger partial charge in [0.2, 0.25) is 11.8 Å². The molecule has 1 aromatic heterocycles. The van der Waals surface area contributed by atoms with Crippen molar-refractivity contribution in [2.24, 2.45) is 0 Å². The van der Waals surface area contributed by atoms with E-state index in [0.717, 1.165) is 23.9 Å². The van der Waals surface area contributed by atoms with Crippen LogP contribution in [0, 0.1) is 0 Å². The quantitative estimate of drug-likeness (QED) is 0.779. The molecule has 4 heteroatoms. The van der Waals surface area contributed by atoms with E-state index in [1.807, 2.05) is 24.3 Å². The van der Waals surface area contributed by atoms with Crippen molar-refractivity contribution in [2.75, 3.05) is 6.54 Å². The summed E-state index contributed by atoms with van der Waals surface area (Å²) in [6.07, 6.45) is 3.38. The standard InChI is InChI=1S/C17H17N3O/c1-2-6-14-12(4-1)5-3-7-15(14)17-20-19-16(21-17)10-11-18-13-8-9-13/h1-7,13,18H,8-11H2. The van der Waals surface area contributed by atoms with Crippen LogP contribution >= 0.6 is 0 Å². The third-order valence-corrected chi connectivity index (χ3v) is 3.84. The molecule has 0 radical (unpaired) electrons. The predicted octanol–water partition coefficient (Wildman–Crippen LogP) is 3.18. The van der Waals surface area contributed by atoms with Crippen LogP contribution in [0.2, 0.25) is 0 Å². The van der Waals surface area contributed by atoms with Gasteiger partial charge in [-0.1, -0.05) is 36.4 Å². The van der Waals surface area contributed by atoms with E-state index in [4.69, 9.17) is 4.42 Å². The molecule has 0 aliphatic heterocycles. The second kappa shape index (κ2) is 5.30. The second-order valence-electron chi connectivity index (χ2n) is 5.51. The van der Waals surface area contributed by atoms with E-state index in [1.54, 1.807) is 0 Å². The minimum Gasteiger partial charge on any atom is -0.421 e. The van der Waals surface area contributed by atoms with Gasteiger partial charge in [0.05, 0.1) is 0 Å². The normalized spacial score (nSPS) is 14.7. The van der Waals surface area contributed by atoms with Crippen LogP contribution in [0.4, 0.5) is 0 Å². The third kappa shape index (κ3) is 2.67. The number of rotatable bonds is 5. The van der Waals surface area contributed by atoms with E-state index >= 15 is 0 Å². The van der Waals surface area contributed by atoms with Gasteiger partial charge in [-0.3, -0.25) is 0 Å². The molecule has 4 rings (SSSR count). The second-order valence-corrected chi connectivity index (χ2v) is 5.51. The highest BCUT2D eigenvalue weighted by Gasteiger charge is 2.20. The van der Waals surface area contributed by atoms with Crippen LogP contribution < -0.4 is 5.32 Å². The van der Waals surface area contributed by atoms with Crippen molar-refractivity contribution in [1.29, 1.82) is 0 Å². The third-order valence-electron chi connectivity index (χ3n) is 3.84. The first-order valence-corrected chi connectivity index (χ1v) is 7.44. The molecule has 106 valence electrons. The lowest BCUT2D eigenvalue weighted by Crippen LogP contribution is -2.19. The zero-order valence-electron chi connectivity index (χ0n) is 11.7. The van der Waals surface area contributed by atoms with Crippen molar-refractivity contribution >= 4 is 10.8 Å². The van der Waals surface area contributed by atoms with Crippen LogP contribution in [0.5, 0.6) is 0 Å². The van der Waals surface area contributed by atoms with Crippen LogP contribution in [0.3, 0.4) is 0 Å². The Hall–Kier alpha value is -2.20. The van der Waals surface area contributed by atoms with E-state index in [1.165, 1.54) is 18.2 Å². The summed E-state index contributed by atoms with van der Waals surface area (Å²) in [6, 6.07) is 15.1. The zero-order chi connectivity index (χ0) is 14.1. The number of benzene rings is 2. The molecular formula is C17H17N3O. The first kappa shape index (κ1) is 12.5. The Bertz CT molecular complexity index is 756. The largest absolute Gasteiger partial charge is 0.421 e. The first-order valence-electron chi connectivity index (χ1n) is 7.44. The predicted molar refractivity (Wildman–Crippen MR) is 82.0 cm³/mol. The summed E-state index contributed by atoms with van der Waals surface area (Å²) in [5.74, 6) is 1.30. The number of fused-ring (bicyclic) bond motifs is 1. The molecule has 4 nitrogen and oxygen atoms in total. The fourth-order valence-corrected chi connectivity index (χ4v) is 2.55. The highest BCUT2D eigenvalue weighted by Crippen LogP contribution is 2.27. The summed E-state index contributed by atoms with van der Waals surface area (Å²) in [5, 5.41) is 14.2. The number of nitrogens with zero attached hydrogens (tertiary/aromatic N) is 2. The monoisotopic (exact) mass is 279 g/mol. The maximum Gasteiger partial charge on any atom is 0.248 e. The molecule has 1 aliphatic carbocycles. The van der Waals surface area contributed by atoms with Gasteiger partial charge in [0, 0.05) is 24.6 Å². The molecular weight excluding hydrogens is 262 g/mol. The molecule has 1 fully saturated rings. The number of hydrogen-bond donors (Lipinski definition) is 1. The molecule has 2 aromatic carbocycles. The minimum atomic E-state index is 0.605. The van der Waals surface area contributed by atoms with Gasteiger partial charge in [-0.15, -0.1) is 10.2 Å². The molecule has 0 unspecified atom stereocenters. The molecule has 1 saturated carbocycles. The highest BCUT2D eigenvalue weighted by molar-refractivity contribution is 5.94. The summed E-state index contributed by atoms with van der Waals surface area (Å²) in [5.41, 5.74) is 1.00. The summed E-state index contributed by atoms with van der Waals surface area (Å²) in [4.78, 5) is 0. The molecule has 3 aromatic rings. The number of nitrogens with one attached hydrogen (secondary N) is 1. The SMILES string of the molecule is c1ccc2c(-c3nnc(CCNC4CC4)o3)cccc2c1. The molecule has 1 aliphatic rings. The molecule has 0 saturated heterocycles. The Labute approximate surface area is 123 Å². The first-order chi connectivity index (χ1) is 10.4. The lowest BCUT2D eigenvalue weighted by atomic mass is 10.0. The Morgan fingerprint density at radius 1 is 1.05 bits per heavy atom. The molecule has 0 spiro atoms. The Morgan fingerprint density at radius 3 is 2.81 bits per heavy atom. The van der Waals surface area contributed by atoms with Gasteiger partial charge in [0.15, 0.2) is 0 Å². The van der Waals surface area contributed by atoms with Gasteiger partial charge in [-0.2, -0.15) is 0 Å². The molecule has 21 heavy (non-hydrogen) atoms. The Morgan fingerprint density at radius 2 is 1.90 bits per heavy atom. The van der Waals surface area contributed by atoms with Crippen LogP contribution in [-0.2, 0) is 6.42 Å². The number of aromatic nitrogens is 2. The van der Waals surface area contributed by atoms with Crippen molar-refractivity contribution in [3.63, 3.8) is 0 Å². The molecule has 0 amide bonds. The van der Waals surface area contributed by atoms with E-state index in [9.17, 15) is 0 Å². The van der Waals surface area contributed by atoms with Crippen LogP contribution in [0.1, 0.15) is 18.7 Å². The summed E-state index contributed by atoms with van der Waals surface area (Å²) < 4.78 is 5.82. The Balaban J connectivity index is 1.58. The van der Waals surface area contributed by atoms with Gasteiger partial charge >= 0.3 is 0 Å². The van der Waals surface area contributed by atoms with Crippen molar-refractivity contribution < 1.29 is 4.42 Å². The molecule has 0 bridgehead atoms. The molecule has 1 heterocycles. The summed E-state index contributed by atoms with van der Waals surface area (Å²) in [6.45, 7) is 0.905. The van der Waals surface area contributed by atoms with Crippen LogP contribution in [-0.4, -0.2) is 22.8 Å². The van der Waals surface area contributed by atoms with Gasteiger partial charge in [0.1, 0.15) is 0 Å². The van der Waals surface area contributed by atoms with Gasteiger partial charge in [-0.05, 0) is 29.7 Å². The zero-order valence-corrected chi connectivity index (χ0v) is 11.7. The van der Waals surface area contributed by atoms with E-state index < -0.39 is 0 Å². The van der Waals surface area contributed by atoms with Crippen molar-refractivity contribution in [3.05, 3.63) is 48.4 Å². The lowest BCUT2D eigenvalue weighted by Gasteiger charge is -2.02. The topological polar surface area (TPSA) is 51.0 Å². The van der Waals surface area contributed by atoms with E-state index in [2.05, 4.69) is 33.7 Å². The fourth-order valence-electron chi connectivity index (χ4n) is 2.55. The number of hydrogen-bond acceptors (Lipinski definition) is 4. The van der Waals surface area contributed by atoms with Gasteiger partial charge in [-0.25, -0.2) is 0 Å². The molecule has 0 atom stereocenters. The maximum absolute atomic E-state index is 5.82. The van der Waals surface area contributed by atoms with Crippen molar-refractivity contribution in [3.8, 4) is 11.5 Å². The average Bonchev–Trinajstić information content (AvgIpc) is 3.23. The average molecular weight is 279 g/mol. The smallest absolute Gasteiger partial charge is 0.248 e. The minimum absolute atomic E-state index is 0.605. The Kier molecular flexibility index (Phi) is 3.16.